The van der Waals surface area contributed by atoms with E-state index in [1.807, 2.05) is 18.4 Å². The Bertz CT molecular complexity index is 957. The van der Waals surface area contributed by atoms with Crippen molar-refractivity contribution in [2.45, 2.75) is 31.7 Å². The van der Waals surface area contributed by atoms with E-state index in [2.05, 4.69) is 0 Å². The second-order valence-electron chi connectivity index (χ2n) is 6.58. The van der Waals surface area contributed by atoms with Crippen molar-refractivity contribution in [2.24, 2.45) is 0 Å². The first-order valence-corrected chi connectivity index (χ1v) is 10.7. The van der Waals surface area contributed by atoms with Gasteiger partial charge in [0.15, 0.2) is 16.4 Å². The molecule has 0 radical (unpaired) electrons. The zero-order valence-corrected chi connectivity index (χ0v) is 17.3. The number of sulfone groups is 1. The lowest BCUT2D eigenvalue weighted by Gasteiger charge is -2.09. The van der Waals surface area contributed by atoms with E-state index in [0.29, 0.717) is 12.2 Å². The second-order valence-corrected chi connectivity index (χ2v) is 8.59. The van der Waals surface area contributed by atoms with Gasteiger partial charge in [0, 0.05) is 43.5 Å². The summed E-state index contributed by atoms with van der Waals surface area (Å²) in [5.74, 6) is -0.963. The molecule has 28 heavy (non-hydrogen) atoms. The lowest BCUT2D eigenvalue weighted by Crippen LogP contribution is -2.15. The van der Waals surface area contributed by atoms with Gasteiger partial charge in [-0.3, -0.25) is 4.79 Å². The molecular formula is C20H25NO6S. The van der Waals surface area contributed by atoms with E-state index in [4.69, 9.17) is 9.47 Å². The maximum absolute atomic E-state index is 12.5. The van der Waals surface area contributed by atoms with E-state index in [1.165, 1.54) is 24.3 Å². The number of nitrogens with zero attached hydrogens (tertiary/aromatic N) is 1. The van der Waals surface area contributed by atoms with Crippen molar-refractivity contribution in [2.75, 3.05) is 26.6 Å². The van der Waals surface area contributed by atoms with Gasteiger partial charge in [0.2, 0.25) is 5.78 Å². The van der Waals surface area contributed by atoms with Crippen LogP contribution in [0.5, 0.6) is 0 Å². The molecule has 1 heterocycles. The largest absolute Gasteiger partial charge is 0.454 e. The molecule has 0 fully saturated rings. The summed E-state index contributed by atoms with van der Waals surface area (Å²) in [6, 6.07) is 7.19. The Hall–Kier alpha value is -2.45. The number of carbonyl (C=O) groups is 2. The van der Waals surface area contributed by atoms with Gasteiger partial charge in [-0.2, -0.15) is 0 Å². The number of ether oxygens (including phenoxy) is 2. The van der Waals surface area contributed by atoms with Gasteiger partial charge in [-0.05, 0) is 50.6 Å². The molecule has 0 unspecified atom stereocenters. The third kappa shape index (κ3) is 5.30. The SMILES string of the molecule is COCCCn1c(C)cc(C(=O)COC(=O)c2ccc(S(C)(=O)=O)cc2)c1C. The average Bonchev–Trinajstić information content (AvgIpc) is 2.93. The highest BCUT2D eigenvalue weighted by molar-refractivity contribution is 7.90. The predicted molar refractivity (Wildman–Crippen MR) is 105 cm³/mol. The van der Waals surface area contributed by atoms with Crippen LogP contribution in [0.3, 0.4) is 0 Å². The molecule has 0 atom stereocenters. The number of ketones is 1. The Balaban J connectivity index is 2.02. The Labute approximate surface area is 165 Å². The molecule has 0 bridgehead atoms. The Kier molecular flexibility index (Phi) is 7.15. The molecule has 0 N–H and O–H groups in total. The third-order valence-corrected chi connectivity index (χ3v) is 5.59. The van der Waals surface area contributed by atoms with Gasteiger partial charge in [-0.25, -0.2) is 13.2 Å². The molecule has 0 saturated heterocycles. The lowest BCUT2D eigenvalue weighted by molar-refractivity contribution is 0.0474. The van der Waals surface area contributed by atoms with Crippen LogP contribution in [-0.2, 0) is 25.9 Å². The summed E-state index contributed by atoms with van der Waals surface area (Å²) >= 11 is 0. The molecule has 0 saturated carbocycles. The number of methoxy groups -OCH3 is 1. The van der Waals surface area contributed by atoms with Gasteiger partial charge in [0.05, 0.1) is 10.5 Å². The van der Waals surface area contributed by atoms with Gasteiger partial charge in [0.25, 0.3) is 0 Å². The van der Waals surface area contributed by atoms with Crippen molar-refractivity contribution in [3.05, 3.63) is 52.8 Å². The minimum atomic E-state index is -3.34. The molecule has 2 aromatic rings. The van der Waals surface area contributed by atoms with Crippen LogP contribution in [0, 0.1) is 13.8 Å². The molecule has 152 valence electrons. The third-order valence-electron chi connectivity index (χ3n) is 4.46. The lowest BCUT2D eigenvalue weighted by atomic mass is 10.1. The van der Waals surface area contributed by atoms with Gasteiger partial charge in [-0.1, -0.05) is 0 Å². The molecule has 0 spiro atoms. The van der Waals surface area contributed by atoms with Crippen LogP contribution in [0.2, 0.25) is 0 Å². The fourth-order valence-electron chi connectivity index (χ4n) is 2.92. The Morgan fingerprint density at radius 3 is 2.32 bits per heavy atom. The quantitative estimate of drug-likeness (QED) is 0.360. The summed E-state index contributed by atoms with van der Waals surface area (Å²) in [5, 5.41) is 0. The monoisotopic (exact) mass is 407 g/mol. The molecule has 1 aromatic carbocycles. The maximum atomic E-state index is 12.5. The van der Waals surface area contributed by atoms with Gasteiger partial charge < -0.3 is 14.0 Å². The van der Waals surface area contributed by atoms with Crippen molar-refractivity contribution in [1.82, 2.24) is 4.57 Å². The van der Waals surface area contributed by atoms with Crippen LogP contribution in [0.1, 0.15) is 38.5 Å². The highest BCUT2D eigenvalue weighted by atomic mass is 32.2. The van der Waals surface area contributed by atoms with Crippen molar-refractivity contribution in [3.8, 4) is 0 Å². The van der Waals surface area contributed by atoms with Crippen molar-refractivity contribution < 1.29 is 27.5 Å². The molecular weight excluding hydrogens is 382 g/mol. The highest BCUT2D eigenvalue weighted by Crippen LogP contribution is 2.17. The minimum absolute atomic E-state index is 0.112. The number of rotatable bonds is 9. The van der Waals surface area contributed by atoms with Crippen LogP contribution in [-0.4, -0.2) is 51.3 Å². The van der Waals surface area contributed by atoms with Crippen molar-refractivity contribution >= 4 is 21.6 Å². The number of hydrogen-bond acceptors (Lipinski definition) is 6. The molecule has 0 amide bonds. The summed E-state index contributed by atoms with van der Waals surface area (Å²) in [5.41, 5.74) is 2.49. The maximum Gasteiger partial charge on any atom is 0.338 e. The van der Waals surface area contributed by atoms with Gasteiger partial charge in [0.1, 0.15) is 0 Å². The number of benzene rings is 1. The number of hydrogen-bond donors (Lipinski definition) is 0. The summed E-state index contributed by atoms with van der Waals surface area (Å²) in [6.45, 7) is 4.78. The van der Waals surface area contributed by atoms with Crippen LogP contribution in [0.25, 0.3) is 0 Å². The van der Waals surface area contributed by atoms with Crippen LogP contribution in [0.15, 0.2) is 35.2 Å². The Morgan fingerprint density at radius 1 is 1.11 bits per heavy atom. The van der Waals surface area contributed by atoms with Crippen molar-refractivity contribution in [3.63, 3.8) is 0 Å². The fraction of sp³-hybridized carbons (Fsp3) is 0.400. The van der Waals surface area contributed by atoms with E-state index in [-0.39, 0.29) is 22.8 Å². The van der Waals surface area contributed by atoms with E-state index in [1.54, 1.807) is 13.2 Å². The molecule has 7 nitrogen and oxygen atoms in total. The summed E-state index contributed by atoms with van der Waals surface area (Å²) in [7, 11) is -1.69. The second kappa shape index (κ2) is 9.16. The van der Waals surface area contributed by atoms with Crippen LogP contribution in [0.4, 0.5) is 0 Å². The molecule has 0 aliphatic carbocycles. The van der Waals surface area contributed by atoms with E-state index >= 15 is 0 Å². The number of carbonyl (C=O) groups excluding carboxylic acids is 2. The van der Waals surface area contributed by atoms with Crippen LogP contribution >= 0.6 is 0 Å². The van der Waals surface area contributed by atoms with E-state index in [0.717, 1.165) is 30.6 Å². The molecule has 2 rings (SSSR count). The summed E-state index contributed by atoms with van der Waals surface area (Å²) in [6.07, 6.45) is 1.92. The predicted octanol–water partition coefficient (Wildman–Crippen LogP) is 2.58. The zero-order valence-electron chi connectivity index (χ0n) is 16.5. The molecule has 1 aromatic heterocycles. The first-order chi connectivity index (χ1) is 13.1. The molecule has 8 heteroatoms. The van der Waals surface area contributed by atoms with Gasteiger partial charge >= 0.3 is 5.97 Å². The van der Waals surface area contributed by atoms with Crippen molar-refractivity contribution in [1.29, 1.82) is 0 Å². The minimum Gasteiger partial charge on any atom is -0.454 e. The first kappa shape index (κ1) is 21.8. The number of esters is 1. The van der Waals surface area contributed by atoms with E-state index in [9.17, 15) is 18.0 Å². The number of aromatic nitrogens is 1. The summed E-state index contributed by atoms with van der Waals surface area (Å²) in [4.78, 5) is 24.7. The fourth-order valence-corrected chi connectivity index (χ4v) is 3.56. The average molecular weight is 407 g/mol. The first-order valence-electron chi connectivity index (χ1n) is 8.81. The highest BCUT2D eigenvalue weighted by Gasteiger charge is 2.18. The smallest absolute Gasteiger partial charge is 0.338 e. The molecule has 0 aliphatic rings. The number of Topliss-reactive ketones (excluding diaryl/α,β-unsaturated/α-hetero) is 1. The zero-order chi connectivity index (χ0) is 20.9. The molecule has 0 aliphatic heterocycles. The summed E-state index contributed by atoms with van der Waals surface area (Å²) < 4.78 is 35.1. The number of aryl methyl sites for hydroxylation is 1. The topological polar surface area (TPSA) is 91.7 Å². The van der Waals surface area contributed by atoms with E-state index < -0.39 is 15.8 Å². The normalized spacial score (nSPS) is 11.4. The standard InChI is InChI=1S/C20H25NO6S/c1-14-12-18(15(2)21(14)10-5-11-26-3)19(22)13-27-20(23)16-6-8-17(9-7-16)28(4,24)25/h6-9,12H,5,10-11,13H2,1-4H3. The van der Waals surface area contributed by atoms with Crippen LogP contribution < -0.4 is 0 Å². The Morgan fingerprint density at radius 2 is 1.75 bits per heavy atom. The van der Waals surface area contributed by atoms with Gasteiger partial charge in [-0.15, -0.1) is 0 Å².